The lowest BCUT2D eigenvalue weighted by molar-refractivity contribution is -0.143. The minimum Gasteiger partial charge on any atom is -0.480 e. The van der Waals surface area contributed by atoms with Gasteiger partial charge in [-0.3, -0.25) is 19.2 Å². The first-order chi connectivity index (χ1) is 16.8. The Morgan fingerprint density at radius 1 is 0.889 bits per heavy atom. The third kappa shape index (κ3) is 10.8. The van der Waals surface area contributed by atoms with Crippen molar-refractivity contribution in [3.63, 3.8) is 0 Å². The van der Waals surface area contributed by atoms with Crippen LogP contribution in [0.25, 0.3) is 0 Å². The number of amides is 4. The number of aliphatic hydroxyl groups excluding tert-OH is 1. The molecule has 0 fully saturated rings. The van der Waals surface area contributed by atoms with Crippen LogP contribution >= 0.6 is 0 Å². The normalized spacial score (nSPS) is 15.2. The highest BCUT2D eigenvalue weighted by molar-refractivity contribution is 5.94. The zero-order valence-electron chi connectivity index (χ0n) is 20.8. The summed E-state index contributed by atoms with van der Waals surface area (Å²) in [6.45, 7) is 4.81. The van der Waals surface area contributed by atoms with Crippen LogP contribution in [0.4, 0.5) is 0 Å². The lowest BCUT2D eigenvalue weighted by atomic mass is 10.0. The predicted octanol–water partition coefficient (Wildman–Crippen LogP) is -1.21. The van der Waals surface area contributed by atoms with Crippen LogP contribution in [0.2, 0.25) is 0 Å². The van der Waals surface area contributed by atoms with E-state index >= 15 is 0 Å². The van der Waals surface area contributed by atoms with E-state index in [9.17, 15) is 34.2 Å². The van der Waals surface area contributed by atoms with E-state index in [1.54, 1.807) is 38.1 Å². The van der Waals surface area contributed by atoms with Crippen LogP contribution in [0.3, 0.4) is 0 Å². The molecule has 0 aliphatic rings. The Kier molecular flexibility index (Phi) is 12.5. The molecule has 0 aromatic heterocycles. The topological polar surface area (TPSA) is 214 Å². The van der Waals surface area contributed by atoms with Gasteiger partial charge in [0.05, 0.1) is 12.1 Å². The quantitative estimate of drug-likeness (QED) is 0.152. The molecule has 36 heavy (non-hydrogen) atoms. The summed E-state index contributed by atoms with van der Waals surface area (Å²) in [4.78, 5) is 61.1. The number of aliphatic carboxylic acids is 1. The van der Waals surface area contributed by atoms with Crippen LogP contribution in [0.1, 0.15) is 45.6 Å². The molecule has 0 spiro atoms. The van der Waals surface area contributed by atoms with Crippen LogP contribution in [0, 0.1) is 5.92 Å². The number of carboxylic acids is 1. The Hall–Kier alpha value is -3.51. The zero-order chi connectivity index (χ0) is 27.4. The van der Waals surface area contributed by atoms with Crippen molar-refractivity contribution in [1.29, 1.82) is 0 Å². The van der Waals surface area contributed by atoms with Crippen molar-refractivity contribution in [2.24, 2.45) is 17.4 Å². The third-order valence-corrected chi connectivity index (χ3v) is 5.33. The molecular weight excluding hydrogens is 470 g/mol. The summed E-state index contributed by atoms with van der Waals surface area (Å²) in [6, 6.07) is 3.96. The molecular formula is C24H37N5O7. The van der Waals surface area contributed by atoms with E-state index in [1.807, 2.05) is 6.07 Å². The molecule has 0 bridgehead atoms. The number of hydrogen-bond acceptors (Lipinski definition) is 7. The fourth-order valence-electron chi connectivity index (χ4n) is 3.41. The van der Waals surface area contributed by atoms with Crippen molar-refractivity contribution in [2.75, 3.05) is 0 Å². The number of nitrogens with one attached hydrogen (secondary N) is 3. The maximum absolute atomic E-state index is 13.0. The van der Waals surface area contributed by atoms with E-state index in [0.29, 0.717) is 0 Å². The van der Waals surface area contributed by atoms with E-state index in [4.69, 9.17) is 11.5 Å². The fraction of sp³-hybridized carbons (Fsp3) is 0.542. The van der Waals surface area contributed by atoms with Gasteiger partial charge < -0.3 is 37.6 Å². The fourth-order valence-corrected chi connectivity index (χ4v) is 3.41. The number of aliphatic hydroxyl groups is 1. The Labute approximate surface area is 210 Å². The molecule has 12 heteroatoms. The SMILES string of the molecule is CC(C)CC(NC(=O)C(NC(=O)C(CCC(N)=O)NC(=O)C(N)Cc1ccccc1)C(C)O)C(=O)O. The summed E-state index contributed by atoms with van der Waals surface area (Å²) in [7, 11) is 0. The van der Waals surface area contributed by atoms with Gasteiger partial charge in [0.1, 0.15) is 18.1 Å². The summed E-state index contributed by atoms with van der Waals surface area (Å²) in [5.74, 6) is -4.45. The van der Waals surface area contributed by atoms with Crippen LogP contribution in [0.5, 0.6) is 0 Å². The highest BCUT2D eigenvalue weighted by Crippen LogP contribution is 2.08. The maximum atomic E-state index is 13.0. The smallest absolute Gasteiger partial charge is 0.326 e. The summed E-state index contributed by atoms with van der Waals surface area (Å²) < 4.78 is 0. The highest BCUT2D eigenvalue weighted by atomic mass is 16.4. The molecule has 0 heterocycles. The van der Waals surface area contributed by atoms with E-state index in [1.165, 1.54) is 6.92 Å². The molecule has 0 aliphatic heterocycles. The van der Waals surface area contributed by atoms with Gasteiger partial charge in [-0.15, -0.1) is 0 Å². The minimum absolute atomic E-state index is 0.0421. The standard InChI is InChI=1S/C24H37N5O7/c1-13(2)11-18(24(35)36)28-23(34)20(14(3)30)29-22(33)17(9-10-19(26)31)27-21(32)16(25)12-15-7-5-4-6-8-15/h4-8,13-14,16-18,20,30H,9-12,25H2,1-3H3,(H2,26,31)(H,27,32)(H,28,34)(H,29,33)(H,35,36). The first kappa shape index (κ1) is 30.5. The van der Waals surface area contributed by atoms with E-state index in [2.05, 4.69) is 16.0 Å². The van der Waals surface area contributed by atoms with E-state index in [0.717, 1.165) is 5.56 Å². The van der Waals surface area contributed by atoms with Crippen LogP contribution in [0.15, 0.2) is 30.3 Å². The monoisotopic (exact) mass is 507 g/mol. The summed E-state index contributed by atoms with van der Waals surface area (Å²) in [5, 5.41) is 26.6. The average molecular weight is 508 g/mol. The number of rotatable bonds is 15. The molecule has 1 aromatic carbocycles. The van der Waals surface area contributed by atoms with Gasteiger partial charge in [0, 0.05) is 6.42 Å². The van der Waals surface area contributed by atoms with Gasteiger partial charge in [0.2, 0.25) is 23.6 Å². The van der Waals surface area contributed by atoms with Crippen molar-refractivity contribution in [2.45, 2.75) is 76.7 Å². The molecule has 4 amide bonds. The highest BCUT2D eigenvalue weighted by Gasteiger charge is 2.33. The first-order valence-corrected chi connectivity index (χ1v) is 11.7. The number of primary amides is 1. The van der Waals surface area contributed by atoms with Gasteiger partial charge >= 0.3 is 5.97 Å². The lowest BCUT2D eigenvalue weighted by Crippen LogP contribution is -2.60. The summed E-state index contributed by atoms with van der Waals surface area (Å²) in [6.07, 6.45) is -1.48. The second-order valence-electron chi connectivity index (χ2n) is 9.12. The van der Waals surface area contributed by atoms with Crippen molar-refractivity contribution in [3.8, 4) is 0 Å². The largest absolute Gasteiger partial charge is 0.480 e. The van der Waals surface area contributed by atoms with Gasteiger partial charge in [-0.1, -0.05) is 44.2 Å². The van der Waals surface area contributed by atoms with Gasteiger partial charge in [0.25, 0.3) is 0 Å². The number of carboxylic acid groups (broad SMARTS) is 1. The van der Waals surface area contributed by atoms with Crippen molar-refractivity contribution >= 4 is 29.6 Å². The number of nitrogens with two attached hydrogens (primary N) is 2. The Bertz CT molecular complexity index is 907. The molecule has 0 aliphatic carbocycles. The molecule has 0 radical (unpaired) electrons. The van der Waals surface area contributed by atoms with Gasteiger partial charge in [-0.05, 0) is 37.7 Å². The van der Waals surface area contributed by atoms with Crippen molar-refractivity contribution in [3.05, 3.63) is 35.9 Å². The summed E-state index contributed by atoms with van der Waals surface area (Å²) in [5.41, 5.74) is 12.0. The van der Waals surface area contributed by atoms with Crippen molar-refractivity contribution in [1.82, 2.24) is 16.0 Å². The second-order valence-corrected chi connectivity index (χ2v) is 9.12. The van der Waals surface area contributed by atoms with Crippen LogP contribution in [-0.2, 0) is 30.4 Å². The first-order valence-electron chi connectivity index (χ1n) is 11.7. The number of benzene rings is 1. The van der Waals surface area contributed by atoms with Gasteiger partial charge in [-0.25, -0.2) is 4.79 Å². The molecule has 5 atom stereocenters. The Morgan fingerprint density at radius 3 is 1.97 bits per heavy atom. The third-order valence-electron chi connectivity index (χ3n) is 5.33. The van der Waals surface area contributed by atoms with Gasteiger partial charge in [-0.2, -0.15) is 0 Å². The Balaban J connectivity index is 2.96. The average Bonchev–Trinajstić information content (AvgIpc) is 2.79. The minimum atomic E-state index is -1.52. The number of hydrogen-bond donors (Lipinski definition) is 7. The molecule has 0 saturated heterocycles. The lowest BCUT2D eigenvalue weighted by Gasteiger charge is -2.26. The molecule has 1 rings (SSSR count). The second kappa shape index (κ2) is 14.8. The molecule has 200 valence electrons. The van der Waals surface area contributed by atoms with E-state index < -0.39 is 59.9 Å². The predicted molar refractivity (Wildman–Crippen MR) is 131 cm³/mol. The van der Waals surface area contributed by atoms with E-state index in [-0.39, 0.29) is 31.6 Å². The summed E-state index contributed by atoms with van der Waals surface area (Å²) >= 11 is 0. The van der Waals surface area contributed by atoms with Crippen molar-refractivity contribution < 1.29 is 34.2 Å². The molecule has 12 nitrogen and oxygen atoms in total. The molecule has 0 saturated carbocycles. The number of carbonyl (C=O) groups is 5. The molecule has 1 aromatic rings. The van der Waals surface area contributed by atoms with Gasteiger partial charge in [0.15, 0.2) is 0 Å². The Morgan fingerprint density at radius 2 is 1.47 bits per heavy atom. The van der Waals surface area contributed by atoms with Crippen LogP contribution in [-0.4, -0.2) is 70.1 Å². The zero-order valence-corrected chi connectivity index (χ0v) is 20.8. The number of carbonyl (C=O) groups excluding carboxylic acids is 4. The molecule has 5 unspecified atom stereocenters. The van der Waals surface area contributed by atoms with Crippen LogP contribution < -0.4 is 27.4 Å². The molecule has 9 N–H and O–H groups in total. The maximum Gasteiger partial charge on any atom is 0.326 e.